The van der Waals surface area contributed by atoms with Gasteiger partial charge in [0.2, 0.25) is 0 Å². The monoisotopic (exact) mass is 402 g/mol. The van der Waals surface area contributed by atoms with Gasteiger partial charge in [-0.2, -0.15) is 8.78 Å². The van der Waals surface area contributed by atoms with Crippen LogP contribution in [0, 0.1) is 12.7 Å². The first-order valence-electron chi connectivity index (χ1n) is 9.15. The Morgan fingerprint density at radius 3 is 1.97 bits per heavy atom. The Bertz CT molecular complexity index is 939. The number of alkyl halides is 2. The second-order valence-corrected chi connectivity index (χ2v) is 6.44. The lowest BCUT2D eigenvalue weighted by atomic mass is 10.0. The highest BCUT2D eigenvalue weighted by Crippen LogP contribution is 2.28. The van der Waals surface area contributed by atoms with Gasteiger partial charge >= 0.3 is 6.11 Å². The summed E-state index contributed by atoms with van der Waals surface area (Å²) in [7, 11) is 0. The summed E-state index contributed by atoms with van der Waals surface area (Å²) in [4.78, 5) is 0. The lowest BCUT2D eigenvalue weighted by Gasteiger charge is -2.19. The SMILES string of the molecule is CCOc1ccc(OC(F)(F)COc2ccc(-c3ccc(C)cc3)cc2)cc1F. The summed E-state index contributed by atoms with van der Waals surface area (Å²) in [5.41, 5.74) is 3.13. The van der Waals surface area contributed by atoms with Crippen molar-refractivity contribution < 1.29 is 27.4 Å². The maximum absolute atomic E-state index is 14.1. The molecular formula is C23H21F3O3. The minimum absolute atomic E-state index is 0.0203. The van der Waals surface area contributed by atoms with Gasteiger partial charge in [-0.1, -0.05) is 42.0 Å². The fraction of sp³-hybridized carbons (Fsp3) is 0.217. The van der Waals surface area contributed by atoms with E-state index in [9.17, 15) is 13.2 Å². The van der Waals surface area contributed by atoms with Crippen LogP contribution in [0.3, 0.4) is 0 Å². The molecule has 0 aromatic heterocycles. The molecule has 0 bridgehead atoms. The van der Waals surface area contributed by atoms with Gasteiger partial charge in [-0.3, -0.25) is 0 Å². The third-order valence-corrected chi connectivity index (χ3v) is 4.12. The van der Waals surface area contributed by atoms with E-state index in [0.29, 0.717) is 0 Å². The lowest BCUT2D eigenvalue weighted by Crippen LogP contribution is -2.32. The zero-order valence-electron chi connectivity index (χ0n) is 16.1. The van der Waals surface area contributed by atoms with Crippen LogP contribution in [0.4, 0.5) is 13.2 Å². The van der Waals surface area contributed by atoms with Gasteiger partial charge in [-0.15, -0.1) is 0 Å². The van der Waals surface area contributed by atoms with Crippen molar-refractivity contribution in [2.24, 2.45) is 0 Å². The van der Waals surface area contributed by atoms with Crippen LogP contribution < -0.4 is 14.2 Å². The highest BCUT2D eigenvalue weighted by molar-refractivity contribution is 5.64. The van der Waals surface area contributed by atoms with Crippen LogP contribution >= 0.6 is 0 Å². The zero-order chi connectivity index (χ0) is 20.9. The van der Waals surface area contributed by atoms with E-state index < -0.39 is 18.5 Å². The molecule has 0 heterocycles. The smallest absolute Gasteiger partial charge is 0.432 e. The van der Waals surface area contributed by atoms with Gasteiger partial charge in [0.1, 0.15) is 11.5 Å². The van der Waals surface area contributed by atoms with Gasteiger partial charge in [0, 0.05) is 6.07 Å². The number of aryl methyl sites for hydroxylation is 1. The molecule has 0 aliphatic heterocycles. The summed E-state index contributed by atoms with van der Waals surface area (Å²) < 4.78 is 56.7. The van der Waals surface area contributed by atoms with Crippen LogP contribution in [0.15, 0.2) is 66.7 Å². The van der Waals surface area contributed by atoms with E-state index in [0.717, 1.165) is 22.8 Å². The van der Waals surface area contributed by atoms with Crippen molar-refractivity contribution >= 4 is 0 Å². The van der Waals surface area contributed by atoms with E-state index in [1.54, 1.807) is 31.2 Å². The van der Waals surface area contributed by atoms with Crippen molar-refractivity contribution in [1.29, 1.82) is 0 Å². The Hall–Kier alpha value is -3.15. The predicted molar refractivity (Wildman–Crippen MR) is 105 cm³/mol. The topological polar surface area (TPSA) is 27.7 Å². The Labute approximate surface area is 167 Å². The summed E-state index contributed by atoms with van der Waals surface area (Å²) in [5.74, 6) is -0.822. The number of ether oxygens (including phenoxy) is 3. The van der Waals surface area contributed by atoms with Crippen molar-refractivity contribution in [2.75, 3.05) is 13.2 Å². The quantitative estimate of drug-likeness (QED) is 0.446. The number of rotatable bonds is 8. The normalized spacial score (nSPS) is 11.2. The maximum atomic E-state index is 14.1. The second kappa shape index (κ2) is 8.90. The number of hydrogen-bond acceptors (Lipinski definition) is 3. The molecular weight excluding hydrogens is 381 g/mol. The van der Waals surface area contributed by atoms with Crippen LogP contribution in [0.2, 0.25) is 0 Å². The molecule has 152 valence electrons. The second-order valence-electron chi connectivity index (χ2n) is 6.44. The average molecular weight is 402 g/mol. The lowest BCUT2D eigenvalue weighted by molar-refractivity contribution is -0.195. The maximum Gasteiger partial charge on any atom is 0.432 e. The molecule has 0 atom stereocenters. The number of hydrogen-bond donors (Lipinski definition) is 0. The predicted octanol–water partition coefficient (Wildman–Crippen LogP) is 6.25. The largest absolute Gasteiger partial charge is 0.491 e. The minimum Gasteiger partial charge on any atom is -0.491 e. The average Bonchev–Trinajstić information content (AvgIpc) is 2.69. The Kier molecular flexibility index (Phi) is 6.32. The molecule has 0 aliphatic carbocycles. The van der Waals surface area contributed by atoms with Gasteiger partial charge in [-0.05, 0) is 49.2 Å². The molecule has 6 heteroatoms. The van der Waals surface area contributed by atoms with E-state index in [4.69, 9.17) is 9.47 Å². The molecule has 0 spiro atoms. The third-order valence-electron chi connectivity index (χ3n) is 4.12. The van der Waals surface area contributed by atoms with E-state index in [1.165, 1.54) is 12.1 Å². The van der Waals surface area contributed by atoms with Gasteiger partial charge in [0.05, 0.1) is 6.61 Å². The van der Waals surface area contributed by atoms with E-state index >= 15 is 0 Å². The van der Waals surface area contributed by atoms with Gasteiger partial charge in [-0.25, -0.2) is 4.39 Å². The molecule has 29 heavy (non-hydrogen) atoms. The summed E-state index contributed by atoms with van der Waals surface area (Å²) in [5, 5.41) is 0. The molecule has 3 nitrogen and oxygen atoms in total. The fourth-order valence-electron chi connectivity index (χ4n) is 2.68. The van der Waals surface area contributed by atoms with Crippen molar-refractivity contribution in [3.63, 3.8) is 0 Å². The van der Waals surface area contributed by atoms with Crippen LogP contribution in [0.5, 0.6) is 17.2 Å². The van der Waals surface area contributed by atoms with Crippen molar-refractivity contribution in [1.82, 2.24) is 0 Å². The van der Waals surface area contributed by atoms with Gasteiger partial charge in [0.25, 0.3) is 0 Å². The zero-order valence-corrected chi connectivity index (χ0v) is 16.1. The molecule has 0 fully saturated rings. The van der Waals surface area contributed by atoms with E-state index in [2.05, 4.69) is 4.74 Å². The molecule has 0 aliphatic rings. The molecule has 3 aromatic carbocycles. The van der Waals surface area contributed by atoms with Crippen LogP contribution in [-0.2, 0) is 0 Å². The van der Waals surface area contributed by atoms with Gasteiger partial charge < -0.3 is 14.2 Å². The van der Waals surface area contributed by atoms with E-state index in [-0.39, 0.29) is 23.9 Å². The minimum atomic E-state index is -3.63. The van der Waals surface area contributed by atoms with Crippen LogP contribution in [0.1, 0.15) is 12.5 Å². The number of halogens is 3. The van der Waals surface area contributed by atoms with Crippen LogP contribution in [-0.4, -0.2) is 19.3 Å². The Balaban J connectivity index is 1.59. The van der Waals surface area contributed by atoms with Crippen molar-refractivity contribution in [3.05, 3.63) is 78.1 Å². The van der Waals surface area contributed by atoms with Crippen molar-refractivity contribution in [3.8, 4) is 28.4 Å². The van der Waals surface area contributed by atoms with Crippen molar-refractivity contribution in [2.45, 2.75) is 20.0 Å². The molecule has 0 saturated heterocycles. The first-order chi connectivity index (χ1) is 13.9. The Morgan fingerprint density at radius 2 is 1.38 bits per heavy atom. The molecule has 3 aromatic rings. The first kappa shape index (κ1) is 20.6. The van der Waals surface area contributed by atoms with Crippen LogP contribution in [0.25, 0.3) is 11.1 Å². The highest BCUT2D eigenvalue weighted by atomic mass is 19.3. The highest BCUT2D eigenvalue weighted by Gasteiger charge is 2.33. The third kappa shape index (κ3) is 5.67. The molecule has 0 saturated carbocycles. The summed E-state index contributed by atoms with van der Waals surface area (Å²) in [6, 6.07) is 18.1. The van der Waals surface area contributed by atoms with E-state index in [1.807, 2.05) is 31.2 Å². The molecule has 3 rings (SSSR count). The number of benzene rings is 3. The first-order valence-corrected chi connectivity index (χ1v) is 9.15. The summed E-state index contributed by atoms with van der Waals surface area (Å²) in [6.45, 7) is 2.96. The molecule has 0 amide bonds. The van der Waals surface area contributed by atoms with Gasteiger partial charge in [0.15, 0.2) is 18.2 Å². The Morgan fingerprint density at radius 1 is 0.793 bits per heavy atom. The standard InChI is InChI=1S/C23H21F3O3/c1-3-27-22-13-12-20(14-21(22)24)29-23(25,26)15-28-19-10-8-18(9-11-19)17-6-4-16(2)5-7-17/h4-14H,3,15H2,1-2H3. The molecule has 0 radical (unpaired) electrons. The summed E-state index contributed by atoms with van der Waals surface area (Å²) >= 11 is 0. The summed E-state index contributed by atoms with van der Waals surface area (Å²) in [6.07, 6.45) is -3.63. The fourth-order valence-corrected chi connectivity index (χ4v) is 2.68. The molecule has 0 unspecified atom stereocenters. The molecule has 0 N–H and O–H groups in total.